The van der Waals surface area contributed by atoms with Crippen molar-refractivity contribution in [3.8, 4) is 0 Å². The minimum absolute atomic E-state index is 0.736. The highest BCUT2D eigenvalue weighted by molar-refractivity contribution is 6.03. The van der Waals surface area contributed by atoms with E-state index < -0.39 is 0 Å². The lowest BCUT2D eigenvalue weighted by atomic mass is 10.0. The summed E-state index contributed by atoms with van der Waals surface area (Å²) in [6, 6.07) is 49.4. The van der Waals surface area contributed by atoms with Gasteiger partial charge in [-0.1, -0.05) is 127 Å². The first-order valence-electron chi connectivity index (χ1n) is 12.8. The van der Waals surface area contributed by atoms with E-state index in [1.165, 1.54) is 11.1 Å². The van der Waals surface area contributed by atoms with E-state index in [2.05, 4.69) is 83.6 Å². The van der Waals surface area contributed by atoms with Gasteiger partial charge in [-0.3, -0.25) is 10.9 Å². The highest BCUT2D eigenvalue weighted by Gasteiger charge is 2.07. The van der Waals surface area contributed by atoms with Gasteiger partial charge in [0.1, 0.15) is 0 Å². The highest BCUT2D eigenvalue weighted by Crippen LogP contribution is 2.17. The minimum atomic E-state index is 0.736. The third-order valence-electron chi connectivity index (χ3n) is 6.15. The molecule has 0 spiro atoms. The van der Waals surface area contributed by atoms with Crippen molar-refractivity contribution in [2.45, 2.75) is 12.8 Å². The quantitative estimate of drug-likeness (QED) is 0.154. The molecule has 0 radical (unpaired) electrons. The molecule has 4 heteroatoms. The molecule has 0 atom stereocenters. The van der Waals surface area contributed by atoms with Gasteiger partial charge in [-0.25, -0.2) is 0 Å². The van der Waals surface area contributed by atoms with E-state index in [1.807, 2.05) is 72.8 Å². The van der Waals surface area contributed by atoms with Crippen molar-refractivity contribution in [1.29, 1.82) is 0 Å². The van der Waals surface area contributed by atoms with Crippen LogP contribution in [0.1, 0.15) is 22.3 Å². The lowest BCUT2D eigenvalue weighted by molar-refractivity contribution is 1.23. The molecule has 5 aromatic rings. The van der Waals surface area contributed by atoms with E-state index in [1.54, 1.807) is 0 Å². The number of hydrogen-bond acceptors (Lipinski definition) is 4. The van der Waals surface area contributed by atoms with E-state index in [0.717, 1.165) is 46.8 Å². The average Bonchev–Trinajstić information content (AvgIpc) is 2.99. The highest BCUT2D eigenvalue weighted by atomic mass is 15.3. The van der Waals surface area contributed by atoms with Crippen LogP contribution in [0.3, 0.4) is 0 Å². The van der Waals surface area contributed by atoms with Crippen molar-refractivity contribution in [2.75, 3.05) is 10.9 Å². The van der Waals surface area contributed by atoms with Crippen molar-refractivity contribution in [1.82, 2.24) is 0 Å². The van der Waals surface area contributed by atoms with Crippen LogP contribution in [-0.2, 0) is 12.8 Å². The Balaban J connectivity index is 1.35. The van der Waals surface area contributed by atoms with Crippen LogP contribution in [0.5, 0.6) is 0 Å². The fourth-order valence-electron chi connectivity index (χ4n) is 4.17. The fraction of sp³-hybridized carbons (Fsp3) is 0.0588. The number of benzene rings is 5. The van der Waals surface area contributed by atoms with Crippen molar-refractivity contribution >= 4 is 22.8 Å². The molecule has 186 valence electrons. The number of nitrogens with zero attached hydrogens (tertiary/aromatic N) is 2. The molecule has 5 rings (SSSR count). The van der Waals surface area contributed by atoms with Crippen LogP contribution in [0.25, 0.3) is 0 Å². The predicted molar refractivity (Wildman–Crippen MR) is 160 cm³/mol. The van der Waals surface area contributed by atoms with Crippen LogP contribution in [-0.4, -0.2) is 11.4 Å². The van der Waals surface area contributed by atoms with Gasteiger partial charge in [0.2, 0.25) is 0 Å². The van der Waals surface area contributed by atoms with E-state index in [-0.39, 0.29) is 0 Å². The first-order chi connectivity index (χ1) is 18.8. The van der Waals surface area contributed by atoms with E-state index in [9.17, 15) is 0 Å². The van der Waals surface area contributed by atoms with Crippen LogP contribution in [0.15, 0.2) is 156 Å². The van der Waals surface area contributed by atoms with Crippen LogP contribution < -0.4 is 10.9 Å². The van der Waals surface area contributed by atoms with Gasteiger partial charge >= 0.3 is 0 Å². The van der Waals surface area contributed by atoms with Gasteiger partial charge in [0.25, 0.3) is 0 Å². The Morgan fingerprint density at radius 3 is 1.18 bits per heavy atom. The lowest BCUT2D eigenvalue weighted by Gasteiger charge is -2.11. The fourth-order valence-corrected chi connectivity index (χ4v) is 4.17. The van der Waals surface area contributed by atoms with Gasteiger partial charge in [-0.15, -0.1) is 0 Å². The van der Waals surface area contributed by atoms with Gasteiger partial charge in [-0.2, -0.15) is 10.2 Å². The summed E-state index contributed by atoms with van der Waals surface area (Å²) in [5, 5.41) is 9.60. The molecule has 38 heavy (non-hydrogen) atoms. The Bertz CT molecular complexity index is 1370. The molecule has 4 nitrogen and oxygen atoms in total. The van der Waals surface area contributed by atoms with Gasteiger partial charge in [0.05, 0.1) is 22.8 Å². The molecule has 0 amide bonds. The topological polar surface area (TPSA) is 48.8 Å². The molecule has 0 aliphatic carbocycles. The molecule has 0 saturated heterocycles. The second kappa shape index (κ2) is 12.8. The molecule has 5 aromatic carbocycles. The molecule has 0 aromatic heterocycles. The normalized spacial score (nSPS) is 11.7. The molecule has 0 fully saturated rings. The second-order valence-electron chi connectivity index (χ2n) is 8.98. The summed E-state index contributed by atoms with van der Waals surface area (Å²) in [7, 11) is 0. The SMILES string of the molecule is c1ccc(C/C(=N\Nc2cccc(N/N=C(\Cc3ccccc3)c3ccccc3)c2)c2ccccc2)cc1. The number of anilines is 2. The maximum atomic E-state index is 4.80. The van der Waals surface area contributed by atoms with E-state index in [0.29, 0.717) is 0 Å². The Kier molecular flexibility index (Phi) is 8.35. The van der Waals surface area contributed by atoms with Gasteiger partial charge in [-0.05, 0) is 40.5 Å². The standard InChI is InChI=1S/C34H30N4/c1-5-14-27(15-6-1)24-33(29-18-9-3-10-19-29)37-35-31-22-13-23-32(26-31)36-38-34(30-20-11-4-12-21-30)25-28-16-7-2-8-17-28/h1-23,26,35-36H,24-25H2/b37-33+,38-34+. The van der Waals surface area contributed by atoms with Crippen LogP contribution in [0.4, 0.5) is 11.4 Å². The minimum Gasteiger partial charge on any atom is -0.278 e. The first-order valence-corrected chi connectivity index (χ1v) is 12.8. The van der Waals surface area contributed by atoms with Crippen LogP contribution in [0.2, 0.25) is 0 Å². The predicted octanol–water partition coefficient (Wildman–Crippen LogP) is 7.80. The lowest BCUT2D eigenvalue weighted by Crippen LogP contribution is -2.09. The molecule has 0 aliphatic rings. The Labute approximate surface area is 224 Å². The summed E-state index contributed by atoms with van der Waals surface area (Å²) in [6.45, 7) is 0. The number of hydrogen-bond donors (Lipinski definition) is 2. The third-order valence-corrected chi connectivity index (χ3v) is 6.15. The van der Waals surface area contributed by atoms with Gasteiger partial charge < -0.3 is 0 Å². The number of hydrazone groups is 2. The summed E-state index contributed by atoms with van der Waals surface area (Å²) >= 11 is 0. The molecular weight excluding hydrogens is 464 g/mol. The summed E-state index contributed by atoms with van der Waals surface area (Å²) in [4.78, 5) is 0. The maximum Gasteiger partial charge on any atom is 0.0723 e. The maximum absolute atomic E-state index is 4.80. The Morgan fingerprint density at radius 1 is 0.421 bits per heavy atom. The van der Waals surface area contributed by atoms with E-state index in [4.69, 9.17) is 10.2 Å². The monoisotopic (exact) mass is 494 g/mol. The molecular formula is C34H30N4. The van der Waals surface area contributed by atoms with Gasteiger partial charge in [0.15, 0.2) is 0 Å². The summed E-state index contributed by atoms with van der Waals surface area (Å²) in [5.41, 5.74) is 14.9. The number of nitrogens with one attached hydrogen (secondary N) is 2. The Hall–Kier alpha value is -4.96. The number of rotatable bonds is 10. The average molecular weight is 495 g/mol. The largest absolute Gasteiger partial charge is 0.278 e. The third kappa shape index (κ3) is 7.05. The summed E-state index contributed by atoms with van der Waals surface area (Å²) < 4.78 is 0. The molecule has 0 bridgehead atoms. The molecule has 0 unspecified atom stereocenters. The van der Waals surface area contributed by atoms with Crippen LogP contribution >= 0.6 is 0 Å². The Morgan fingerprint density at radius 2 is 0.789 bits per heavy atom. The molecule has 0 heterocycles. The molecule has 0 saturated carbocycles. The van der Waals surface area contributed by atoms with Crippen molar-refractivity contribution in [2.24, 2.45) is 10.2 Å². The smallest absolute Gasteiger partial charge is 0.0723 e. The molecule has 2 N–H and O–H groups in total. The zero-order chi connectivity index (χ0) is 25.8. The van der Waals surface area contributed by atoms with Crippen LogP contribution in [0, 0.1) is 0 Å². The van der Waals surface area contributed by atoms with Gasteiger partial charge in [0, 0.05) is 12.8 Å². The summed E-state index contributed by atoms with van der Waals surface area (Å²) in [5.74, 6) is 0. The van der Waals surface area contributed by atoms with E-state index >= 15 is 0 Å². The molecule has 0 aliphatic heterocycles. The second-order valence-corrected chi connectivity index (χ2v) is 8.98. The first kappa shape index (κ1) is 24.7. The van der Waals surface area contributed by atoms with Crippen molar-refractivity contribution in [3.63, 3.8) is 0 Å². The zero-order valence-electron chi connectivity index (χ0n) is 21.2. The summed E-state index contributed by atoms with van der Waals surface area (Å²) in [6.07, 6.45) is 1.47. The zero-order valence-corrected chi connectivity index (χ0v) is 21.2. The van der Waals surface area contributed by atoms with Crippen molar-refractivity contribution in [3.05, 3.63) is 168 Å². The van der Waals surface area contributed by atoms with Crippen molar-refractivity contribution < 1.29 is 0 Å².